The van der Waals surface area contributed by atoms with Crippen LogP contribution in [-0.2, 0) is 13.0 Å². The smallest absolute Gasteiger partial charge is 0.113 e. The quantitative estimate of drug-likeness (QED) is 0.876. The fourth-order valence-electron chi connectivity index (χ4n) is 1.99. The molecule has 0 spiro atoms. The molecule has 0 amide bonds. The van der Waals surface area contributed by atoms with E-state index in [0.717, 1.165) is 35.5 Å². The number of rotatable bonds is 4. The van der Waals surface area contributed by atoms with Crippen molar-refractivity contribution in [2.75, 3.05) is 0 Å². The van der Waals surface area contributed by atoms with Gasteiger partial charge in [-0.25, -0.2) is 4.98 Å². The minimum absolute atomic E-state index is 0.0951. The van der Waals surface area contributed by atoms with Gasteiger partial charge in [0.05, 0.1) is 6.61 Å². The number of imidazole rings is 1. The highest BCUT2D eigenvalue weighted by molar-refractivity contribution is 5.40. The Morgan fingerprint density at radius 3 is 2.82 bits per heavy atom. The lowest BCUT2D eigenvalue weighted by Gasteiger charge is -2.10. The summed E-state index contributed by atoms with van der Waals surface area (Å²) in [5, 5.41) is 9.16. The highest BCUT2D eigenvalue weighted by atomic mass is 16.3. The van der Waals surface area contributed by atoms with Gasteiger partial charge in [-0.3, -0.25) is 0 Å². The van der Waals surface area contributed by atoms with Gasteiger partial charge in [0.1, 0.15) is 5.82 Å². The van der Waals surface area contributed by atoms with Crippen LogP contribution in [0.4, 0.5) is 0 Å². The molecule has 3 nitrogen and oxygen atoms in total. The van der Waals surface area contributed by atoms with Crippen molar-refractivity contribution in [1.82, 2.24) is 9.55 Å². The van der Waals surface area contributed by atoms with Gasteiger partial charge in [-0.05, 0) is 36.6 Å². The molecule has 17 heavy (non-hydrogen) atoms. The van der Waals surface area contributed by atoms with E-state index in [2.05, 4.69) is 22.5 Å². The second kappa shape index (κ2) is 5.15. The summed E-state index contributed by atoms with van der Waals surface area (Å²) >= 11 is 0. The fraction of sp³-hybridized carbons (Fsp3) is 0.357. The molecule has 0 saturated carbocycles. The van der Waals surface area contributed by atoms with Gasteiger partial charge in [-0.1, -0.05) is 13.0 Å². The highest BCUT2D eigenvalue weighted by Crippen LogP contribution is 2.17. The first-order valence-corrected chi connectivity index (χ1v) is 5.99. The summed E-state index contributed by atoms with van der Waals surface area (Å²) in [6, 6.07) is 6.09. The maximum absolute atomic E-state index is 9.16. The van der Waals surface area contributed by atoms with E-state index >= 15 is 0 Å². The third-order valence-electron chi connectivity index (χ3n) is 2.97. The Bertz CT molecular complexity index is 503. The lowest BCUT2D eigenvalue weighted by Crippen LogP contribution is -2.01. The molecule has 1 aromatic heterocycles. The van der Waals surface area contributed by atoms with E-state index in [1.165, 1.54) is 0 Å². The van der Waals surface area contributed by atoms with Crippen LogP contribution in [0.15, 0.2) is 30.6 Å². The predicted molar refractivity (Wildman–Crippen MR) is 68.2 cm³/mol. The number of aliphatic hydroxyl groups excluding tert-OH is 1. The Hall–Kier alpha value is -1.61. The van der Waals surface area contributed by atoms with Crippen molar-refractivity contribution in [3.63, 3.8) is 0 Å². The molecule has 90 valence electrons. The summed E-state index contributed by atoms with van der Waals surface area (Å²) in [5.74, 6) is 1.09. The maximum Gasteiger partial charge on any atom is 0.113 e. The van der Waals surface area contributed by atoms with Crippen LogP contribution in [0.1, 0.15) is 30.3 Å². The van der Waals surface area contributed by atoms with Crippen LogP contribution in [-0.4, -0.2) is 14.7 Å². The van der Waals surface area contributed by atoms with Gasteiger partial charge in [0, 0.05) is 24.5 Å². The molecule has 0 atom stereocenters. The molecule has 1 heterocycles. The normalized spacial score (nSPS) is 10.8. The number of aliphatic hydroxyl groups is 1. The van der Waals surface area contributed by atoms with Crippen molar-refractivity contribution in [2.24, 2.45) is 0 Å². The second-order valence-corrected chi connectivity index (χ2v) is 4.23. The van der Waals surface area contributed by atoms with E-state index in [1.54, 1.807) is 0 Å². The number of benzene rings is 1. The number of nitrogens with zero attached hydrogens (tertiary/aromatic N) is 2. The van der Waals surface area contributed by atoms with Gasteiger partial charge in [-0.2, -0.15) is 0 Å². The zero-order valence-corrected chi connectivity index (χ0v) is 10.3. The van der Waals surface area contributed by atoms with Gasteiger partial charge in [0.15, 0.2) is 0 Å². The number of aromatic nitrogens is 2. The van der Waals surface area contributed by atoms with E-state index in [0.29, 0.717) is 0 Å². The lowest BCUT2D eigenvalue weighted by atomic mass is 10.1. The van der Waals surface area contributed by atoms with Crippen molar-refractivity contribution >= 4 is 0 Å². The highest BCUT2D eigenvalue weighted by Gasteiger charge is 2.05. The molecule has 0 unspecified atom stereocenters. The van der Waals surface area contributed by atoms with Crippen LogP contribution in [0.25, 0.3) is 5.69 Å². The monoisotopic (exact) mass is 230 g/mol. The third kappa shape index (κ3) is 2.39. The molecular formula is C14H18N2O. The second-order valence-electron chi connectivity index (χ2n) is 4.23. The fourth-order valence-corrected chi connectivity index (χ4v) is 1.99. The van der Waals surface area contributed by atoms with Crippen molar-refractivity contribution in [1.29, 1.82) is 0 Å². The zero-order chi connectivity index (χ0) is 12.3. The zero-order valence-electron chi connectivity index (χ0n) is 10.3. The van der Waals surface area contributed by atoms with E-state index < -0.39 is 0 Å². The molecule has 0 aliphatic heterocycles. The lowest BCUT2D eigenvalue weighted by molar-refractivity contribution is 0.281. The summed E-state index contributed by atoms with van der Waals surface area (Å²) in [6.07, 6.45) is 5.89. The van der Waals surface area contributed by atoms with Gasteiger partial charge >= 0.3 is 0 Å². The first kappa shape index (κ1) is 11.9. The van der Waals surface area contributed by atoms with Crippen LogP contribution >= 0.6 is 0 Å². The Morgan fingerprint density at radius 2 is 2.18 bits per heavy atom. The first-order chi connectivity index (χ1) is 8.26. The van der Waals surface area contributed by atoms with Crippen LogP contribution in [0.3, 0.4) is 0 Å². The van der Waals surface area contributed by atoms with Gasteiger partial charge in [-0.15, -0.1) is 0 Å². The van der Waals surface area contributed by atoms with Crippen molar-refractivity contribution in [3.05, 3.63) is 47.5 Å². The number of hydrogen-bond donors (Lipinski definition) is 1. The Balaban J connectivity index is 2.39. The summed E-state index contributed by atoms with van der Waals surface area (Å²) in [4.78, 5) is 4.37. The summed E-state index contributed by atoms with van der Waals surface area (Å²) in [6.45, 7) is 4.27. The Kier molecular flexibility index (Phi) is 3.59. The molecule has 1 aromatic carbocycles. The average Bonchev–Trinajstić information content (AvgIpc) is 2.78. The molecule has 2 rings (SSSR count). The van der Waals surface area contributed by atoms with Gasteiger partial charge in [0.25, 0.3) is 0 Å². The van der Waals surface area contributed by atoms with Crippen molar-refractivity contribution < 1.29 is 5.11 Å². The first-order valence-electron chi connectivity index (χ1n) is 5.99. The molecule has 0 fully saturated rings. The molecule has 2 aromatic rings. The van der Waals surface area contributed by atoms with E-state index in [4.69, 9.17) is 5.11 Å². The molecule has 0 saturated heterocycles. The van der Waals surface area contributed by atoms with E-state index in [9.17, 15) is 0 Å². The third-order valence-corrected chi connectivity index (χ3v) is 2.97. The molecule has 0 aliphatic carbocycles. The SMILES string of the molecule is CCCc1nccn1-c1ccc(CO)c(C)c1. The van der Waals surface area contributed by atoms with Gasteiger partial charge < -0.3 is 9.67 Å². The van der Waals surface area contributed by atoms with Gasteiger partial charge in [0.2, 0.25) is 0 Å². The van der Waals surface area contributed by atoms with Crippen LogP contribution < -0.4 is 0 Å². The number of aryl methyl sites for hydroxylation is 2. The molecule has 1 N–H and O–H groups in total. The minimum Gasteiger partial charge on any atom is -0.392 e. The van der Waals surface area contributed by atoms with Crippen LogP contribution in [0.5, 0.6) is 0 Å². The molecule has 0 bridgehead atoms. The topological polar surface area (TPSA) is 38.0 Å². The molecule has 3 heteroatoms. The Morgan fingerprint density at radius 1 is 1.35 bits per heavy atom. The largest absolute Gasteiger partial charge is 0.392 e. The standard InChI is InChI=1S/C14H18N2O/c1-3-4-14-15-7-8-16(14)13-6-5-12(10-17)11(2)9-13/h5-9,17H,3-4,10H2,1-2H3. The number of hydrogen-bond acceptors (Lipinski definition) is 2. The maximum atomic E-state index is 9.16. The summed E-state index contributed by atoms with van der Waals surface area (Å²) in [7, 11) is 0. The predicted octanol–water partition coefficient (Wildman–Crippen LogP) is 2.63. The van der Waals surface area contributed by atoms with E-state index in [-0.39, 0.29) is 6.61 Å². The summed E-state index contributed by atoms with van der Waals surface area (Å²) < 4.78 is 2.11. The minimum atomic E-state index is 0.0951. The van der Waals surface area contributed by atoms with Crippen molar-refractivity contribution in [2.45, 2.75) is 33.3 Å². The van der Waals surface area contributed by atoms with E-state index in [1.807, 2.05) is 31.5 Å². The van der Waals surface area contributed by atoms with Crippen molar-refractivity contribution in [3.8, 4) is 5.69 Å². The van der Waals surface area contributed by atoms with Crippen LogP contribution in [0.2, 0.25) is 0 Å². The molecule has 0 radical (unpaired) electrons. The summed E-state index contributed by atoms with van der Waals surface area (Å²) in [5.41, 5.74) is 3.20. The average molecular weight is 230 g/mol. The molecular weight excluding hydrogens is 212 g/mol. The van der Waals surface area contributed by atoms with Crippen LogP contribution in [0, 0.1) is 6.92 Å². The molecule has 0 aliphatic rings. The Labute approximate surface area is 102 Å².